The van der Waals surface area contributed by atoms with E-state index in [2.05, 4.69) is 22.0 Å². The molecular formula is C17H21N3O2. The molecule has 5 rings (SSSR count). The molecule has 0 radical (unpaired) electrons. The van der Waals surface area contributed by atoms with Crippen LogP contribution < -0.4 is 14.8 Å². The number of piperidine rings is 1. The van der Waals surface area contributed by atoms with E-state index in [1.165, 1.54) is 43.4 Å². The van der Waals surface area contributed by atoms with Gasteiger partial charge in [-0.2, -0.15) is 0 Å². The van der Waals surface area contributed by atoms with Gasteiger partial charge in [0.2, 0.25) is 6.79 Å². The summed E-state index contributed by atoms with van der Waals surface area (Å²) >= 11 is 0. The number of hydrogen-bond donors (Lipinski definition) is 1. The van der Waals surface area contributed by atoms with Crippen molar-refractivity contribution in [3.05, 3.63) is 18.0 Å². The number of aromatic nitrogens is 2. The van der Waals surface area contributed by atoms with Crippen molar-refractivity contribution in [1.29, 1.82) is 0 Å². The Bertz CT molecular complexity index is 714. The largest absolute Gasteiger partial charge is 0.454 e. The maximum Gasteiger partial charge on any atom is 0.231 e. The molecule has 1 aliphatic carbocycles. The molecule has 0 atom stereocenters. The molecule has 3 aliphatic rings. The van der Waals surface area contributed by atoms with Crippen LogP contribution in [0, 0.1) is 0 Å². The maximum absolute atomic E-state index is 5.58. The number of fused-ring (bicyclic) bond motifs is 2. The molecular weight excluding hydrogens is 278 g/mol. The third kappa shape index (κ3) is 1.85. The Morgan fingerprint density at radius 1 is 1.05 bits per heavy atom. The standard InChI is InChI=1S/C17H21N3O2/c1-2-11(3-1)17-19-13-8-15-16(22-10-21-15)9-14(13)20(17)12-4-6-18-7-5-12/h8-9,11-12,18H,1-7,10H2. The summed E-state index contributed by atoms with van der Waals surface area (Å²) in [4.78, 5) is 4.99. The van der Waals surface area contributed by atoms with Gasteiger partial charge in [0.05, 0.1) is 11.0 Å². The minimum absolute atomic E-state index is 0.324. The maximum atomic E-state index is 5.58. The van der Waals surface area contributed by atoms with Gasteiger partial charge in [0.25, 0.3) is 0 Å². The molecule has 3 heterocycles. The predicted octanol–water partition coefficient (Wildman–Crippen LogP) is 2.96. The fourth-order valence-corrected chi connectivity index (χ4v) is 3.91. The predicted molar refractivity (Wildman–Crippen MR) is 83.6 cm³/mol. The second-order valence-electron chi connectivity index (χ2n) is 6.64. The molecule has 116 valence electrons. The Balaban J connectivity index is 1.68. The van der Waals surface area contributed by atoms with E-state index < -0.39 is 0 Å². The third-order valence-corrected chi connectivity index (χ3v) is 5.36. The Hall–Kier alpha value is -1.75. The van der Waals surface area contributed by atoms with E-state index in [1.807, 2.05) is 0 Å². The van der Waals surface area contributed by atoms with Crippen molar-refractivity contribution < 1.29 is 9.47 Å². The summed E-state index contributed by atoms with van der Waals surface area (Å²) in [5.41, 5.74) is 2.28. The molecule has 2 fully saturated rings. The number of ether oxygens (including phenoxy) is 2. The zero-order valence-corrected chi connectivity index (χ0v) is 12.7. The van der Waals surface area contributed by atoms with Crippen LogP contribution in [0.25, 0.3) is 11.0 Å². The minimum atomic E-state index is 0.324. The van der Waals surface area contributed by atoms with Crippen LogP contribution in [0.3, 0.4) is 0 Å². The van der Waals surface area contributed by atoms with Crippen molar-refractivity contribution in [3.63, 3.8) is 0 Å². The number of nitrogens with zero attached hydrogens (tertiary/aromatic N) is 2. The van der Waals surface area contributed by atoms with Crippen molar-refractivity contribution in [2.24, 2.45) is 0 Å². The number of benzene rings is 1. The topological polar surface area (TPSA) is 48.3 Å². The van der Waals surface area contributed by atoms with E-state index in [0.29, 0.717) is 18.8 Å². The average Bonchev–Trinajstić information content (AvgIpc) is 3.07. The smallest absolute Gasteiger partial charge is 0.231 e. The molecule has 0 amide bonds. The van der Waals surface area contributed by atoms with Gasteiger partial charge in [-0.1, -0.05) is 6.42 Å². The summed E-state index contributed by atoms with van der Waals surface area (Å²) in [7, 11) is 0. The lowest BCUT2D eigenvalue weighted by Gasteiger charge is -2.31. The number of rotatable bonds is 2. The Morgan fingerprint density at radius 3 is 2.55 bits per heavy atom. The van der Waals surface area contributed by atoms with Crippen LogP contribution >= 0.6 is 0 Å². The second-order valence-corrected chi connectivity index (χ2v) is 6.64. The molecule has 0 spiro atoms. The van der Waals surface area contributed by atoms with Gasteiger partial charge < -0.3 is 19.4 Å². The Labute approximate surface area is 129 Å². The van der Waals surface area contributed by atoms with Crippen molar-refractivity contribution in [2.75, 3.05) is 19.9 Å². The van der Waals surface area contributed by atoms with Gasteiger partial charge in [-0.3, -0.25) is 0 Å². The van der Waals surface area contributed by atoms with E-state index in [4.69, 9.17) is 14.5 Å². The molecule has 1 aromatic carbocycles. The number of hydrogen-bond acceptors (Lipinski definition) is 4. The van der Waals surface area contributed by atoms with Gasteiger partial charge >= 0.3 is 0 Å². The lowest BCUT2D eigenvalue weighted by atomic mass is 9.84. The first-order valence-electron chi connectivity index (χ1n) is 8.42. The molecule has 5 heteroatoms. The first kappa shape index (κ1) is 12.8. The van der Waals surface area contributed by atoms with Gasteiger partial charge in [-0.15, -0.1) is 0 Å². The van der Waals surface area contributed by atoms with E-state index in [0.717, 1.165) is 30.1 Å². The summed E-state index contributed by atoms with van der Waals surface area (Å²) in [5, 5.41) is 3.46. The molecule has 2 aliphatic heterocycles. The van der Waals surface area contributed by atoms with Gasteiger partial charge in [-0.25, -0.2) is 4.98 Å². The molecule has 0 bridgehead atoms. The highest BCUT2D eigenvalue weighted by atomic mass is 16.7. The van der Waals surface area contributed by atoms with E-state index in [9.17, 15) is 0 Å². The van der Waals surface area contributed by atoms with Crippen molar-refractivity contribution in [1.82, 2.24) is 14.9 Å². The highest BCUT2D eigenvalue weighted by Crippen LogP contribution is 2.43. The van der Waals surface area contributed by atoms with Crippen LogP contribution in [0.15, 0.2) is 12.1 Å². The van der Waals surface area contributed by atoms with E-state index in [1.54, 1.807) is 0 Å². The second kappa shape index (κ2) is 4.88. The molecule has 2 aromatic rings. The molecule has 1 N–H and O–H groups in total. The molecule has 1 saturated carbocycles. The molecule has 1 aromatic heterocycles. The zero-order valence-electron chi connectivity index (χ0n) is 12.7. The monoisotopic (exact) mass is 299 g/mol. The molecule has 5 nitrogen and oxygen atoms in total. The minimum Gasteiger partial charge on any atom is -0.454 e. The Morgan fingerprint density at radius 2 is 1.82 bits per heavy atom. The number of imidazole rings is 1. The zero-order chi connectivity index (χ0) is 14.5. The van der Waals surface area contributed by atoms with E-state index >= 15 is 0 Å². The van der Waals surface area contributed by atoms with Crippen LogP contribution in [0.4, 0.5) is 0 Å². The van der Waals surface area contributed by atoms with Gasteiger partial charge in [0, 0.05) is 24.1 Å². The highest BCUT2D eigenvalue weighted by Gasteiger charge is 2.30. The average molecular weight is 299 g/mol. The third-order valence-electron chi connectivity index (χ3n) is 5.36. The fraction of sp³-hybridized carbons (Fsp3) is 0.588. The summed E-state index contributed by atoms with van der Waals surface area (Å²) in [5.74, 6) is 3.63. The van der Waals surface area contributed by atoms with Crippen molar-refractivity contribution >= 4 is 11.0 Å². The van der Waals surface area contributed by atoms with E-state index in [-0.39, 0.29) is 0 Å². The van der Waals surface area contributed by atoms with Gasteiger partial charge in [-0.05, 0) is 38.8 Å². The number of nitrogens with one attached hydrogen (secondary N) is 1. The van der Waals surface area contributed by atoms with Crippen molar-refractivity contribution in [2.45, 2.75) is 44.1 Å². The van der Waals surface area contributed by atoms with Crippen LogP contribution in [0.5, 0.6) is 11.5 Å². The highest BCUT2D eigenvalue weighted by molar-refractivity contribution is 5.81. The lowest BCUT2D eigenvalue weighted by molar-refractivity contribution is 0.174. The first-order chi connectivity index (χ1) is 10.9. The van der Waals surface area contributed by atoms with Gasteiger partial charge in [0.1, 0.15) is 5.82 Å². The normalized spacial score (nSPS) is 22.2. The SMILES string of the molecule is c1c2c(cc3c1nc(C1CCC1)n3C1CCNCC1)OCO2. The first-order valence-corrected chi connectivity index (χ1v) is 8.42. The van der Waals surface area contributed by atoms with Crippen LogP contribution in [0.2, 0.25) is 0 Å². The summed E-state index contributed by atoms with van der Waals surface area (Å²) < 4.78 is 13.6. The summed E-state index contributed by atoms with van der Waals surface area (Å²) in [6, 6.07) is 4.74. The van der Waals surface area contributed by atoms with Crippen LogP contribution in [0.1, 0.15) is 49.9 Å². The van der Waals surface area contributed by atoms with Gasteiger partial charge in [0.15, 0.2) is 11.5 Å². The molecule has 22 heavy (non-hydrogen) atoms. The Kier molecular flexibility index (Phi) is 2.83. The van der Waals surface area contributed by atoms with Crippen LogP contribution in [-0.4, -0.2) is 29.4 Å². The van der Waals surface area contributed by atoms with Crippen molar-refractivity contribution in [3.8, 4) is 11.5 Å². The fourth-order valence-electron chi connectivity index (χ4n) is 3.91. The summed E-state index contributed by atoms with van der Waals surface area (Å²) in [6.07, 6.45) is 6.25. The lowest BCUT2D eigenvalue weighted by Crippen LogP contribution is -2.31. The molecule has 0 unspecified atom stereocenters. The molecule has 1 saturated heterocycles. The summed E-state index contributed by atoms with van der Waals surface area (Å²) in [6.45, 7) is 2.52. The quantitative estimate of drug-likeness (QED) is 0.926. The van der Waals surface area contributed by atoms with Crippen LogP contribution in [-0.2, 0) is 0 Å².